The monoisotopic (exact) mass is 289 g/mol. The zero-order valence-electron chi connectivity index (χ0n) is 14.1. The number of hydrogen-bond acceptors (Lipinski definition) is 3. The van der Waals surface area contributed by atoms with E-state index in [0.29, 0.717) is 12.1 Å². The lowest BCUT2D eigenvalue weighted by molar-refractivity contribution is 0.178. The van der Waals surface area contributed by atoms with Gasteiger partial charge in [-0.1, -0.05) is 36.8 Å². The molecular formula is C18H31N3. The molecule has 3 nitrogen and oxygen atoms in total. The molecule has 1 saturated heterocycles. The molecule has 0 amide bonds. The SMILES string of the molecule is CCNC(Cc1cccc(C)c1)C1CN(C)CCCN1C. The molecular weight excluding hydrogens is 258 g/mol. The topological polar surface area (TPSA) is 18.5 Å². The van der Waals surface area contributed by atoms with Gasteiger partial charge in [0.2, 0.25) is 0 Å². The van der Waals surface area contributed by atoms with Gasteiger partial charge in [0.15, 0.2) is 0 Å². The van der Waals surface area contributed by atoms with Crippen molar-refractivity contribution in [3.8, 4) is 0 Å². The average molecular weight is 289 g/mol. The van der Waals surface area contributed by atoms with E-state index in [1.165, 1.54) is 30.6 Å². The van der Waals surface area contributed by atoms with Gasteiger partial charge in [0.25, 0.3) is 0 Å². The van der Waals surface area contributed by atoms with Gasteiger partial charge in [-0.15, -0.1) is 0 Å². The third kappa shape index (κ3) is 4.80. The Hall–Kier alpha value is -0.900. The van der Waals surface area contributed by atoms with Crippen LogP contribution in [0.3, 0.4) is 0 Å². The van der Waals surface area contributed by atoms with Gasteiger partial charge >= 0.3 is 0 Å². The second-order valence-electron chi connectivity index (χ2n) is 6.52. The summed E-state index contributed by atoms with van der Waals surface area (Å²) in [5, 5.41) is 3.73. The first-order valence-electron chi connectivity index (χ1n) is 8.28. The highest BCUT2D eigenvalue weighted by molar-refractivity contribution is 5.23. The van der Waals surface area contributed by atoms with Crippen molar-refractivity contribution in [3.05, 3.63) is 35.4 Å². The Morgan fingerprint density at radius 3 is 2.81 bits per heavy atom. The molecule has 0 bridgehead atoms. The van der Waals surface area contributed by atoms with Crippen LogP contribution in [0.1, 0.15) is 24.5 Å². The van der Waals surface area contributed by atoms with Crippen LogP contribution >= 0.6 is 0 Å². The molecule has 1 aliphatic rings. The summed E-state index contributed by atoms with van der Waals surface area (Å²) in [6.45, 7) is 8.99. The predicted octanol–water partition coefficient (Wildman–Crippen LogP) is 2.15. The lowest BCUT2D eigenvalue weighted by Gasteiger charge is -2.35. The summed E-state index contributed by atoms with van der Waals surface area (Å²) in [5.74, 6) is 0. The largest absolute Gasteiger partial charge is 0.312 e. The van der Waals surface area contributed by atoms with Gasteiger partial charge in [-0.3, -0.25) is 0 Å². The zero-order chi connectivity index (χ0) is 15.2. The molecule has 1 aliphatic heterocycles. The van der Waals surface area contributed by atoms with E-state index in [1.54, 1.807) is 0 Å². The molecule has 1 N–H and O–H groups in total. The quantitative estimate of drug-likeness (QED) is 0.896. The van der Waals surface area contributed by atoms with Gasteiger partial charge in [0, 0.05) is 18.6 Å². The molecule has 0 radical (unpaired) electrons. The fraction of sp³-hybridized carbons (Fsp3) is 0.667. The van der Waals surface area contributed by atoms with E-state index in [-0.39, 0.29) is 0 Å². The molecule has 118 valence electrons. The molecule has 1 fully saturated rings. The molecule has 3 heteroatoms. The fourth-order valence-electron chi connectivity index (χ4n) is 3.44. The van der Waals surface area contributed by atoms with Crippen LogP contribution in [0.5, 0.6) is 0 Å². The summed E-state index contributed by atoms with van der Waals surface area (Å²) < 4.78 is 0. The second kappa shape index (κ2) is 7.92. The third-order valence-electron chi connectivity index (χ3n) is 4.58. The summed E-state index contributed by atoms with van der Waals surface area (Å²) in [6, 6.07) is 10.0. The number of nitrogens with zero attached hydrogens (tertiary/aromatic N) is 2. The molecule has 1 heterocycles. The van der Waals surface area contributed by atoms with Crippen LogP contribution in [0.15, 0.2) is 24.3 Å². The van der Waals surface area contributed by atoms with Crippen molar-refractivity contribution in [2.75, 3.05) is 40.3 Å². The van der Waals surface area contributed by atoms with Crippen molar-refractivity contribution in [2.45, 2.75) is 38.8 Å². The summed E-state index contributed by atoms with van der Waals surface area (Å²) >= 11 is 0. The van der Waals surface area contributed by atoms with Crippen LogP contribution in [-0.2, 0) is 6.42 Å². The highest BCUT2D eigenvalue weighted by Gasteiger charge is 2.28. The number of rotatable bonds is 5. The molecule has 2 atom stereocenters. The first-order chi connectivity index (χ1) is 10.1. The van der Waals surface area contributed by atoms with E-state index in [2.05, 4.69) is 67.3 Å². The van der Waals surface area contributed by atoms with E-state index in [4.69, 9.17) is 0 Å². The highest BCUT2D eigenvalue weighted by Crippen LogP contribution is 2.15. The molecule has 0 saturated carbocycles. The Bertz CT molecular complexity index is 432. The van der Waals surface area contributed by atoms with Crippen molar-refractivity contribution in [1.82, 2.24) is 15.1 Å². The Kier molecular flexibility index (Phi) is 6.22. The highest BCUT2D eigenvalue weighted by atomic mass is 15.2. The van der Waals surface area contributed by atoms with Crippen LogP contribution in [0.25, 0.3) is 0 Å². The third-order valence-corrected chi connectivity index (χ3v) is 4.58. The fourth-order valence-corrected chi connectivity index (χ4v) is 3.44. The smallest absolute Gasteiger partial charge is 0.0376 e. The van der Waals surface area contributed by atoms with Crippen LogP contribution in [0.4, 0.5) is 0 Å². The van der Waals surface area contributed by atoms with Crippen LogP contribution in [-0.4, -0.2) is 62.2 Å². The Morgan fingerprint density at radius 2 is 2.10 bits per heavy atom. The standard InChI is InChI=1S/C18H31N3/c1-5-19-17(13-16-9-6-8-15(2)12-16)18-14-20(3)10-7-11-21(18)4/h6,8-9,12,17-19H,5,7,10-11,13-14H2,1-4H3. The number of aryl methyl sites for hydroxylation is 1. The van der Waals surface area contributed by atoms with Crippen LogP contribution in [0.2, 0.25) is 0 Å². The van der Waals surface area contributed by atoms with Gasteiger partial charge in [-0.2, -0.15) is 0 Å². The molecule has 2 unspecified atom stereocenters. The second-order valence-corrected chi connectivity index (χ2v) is 6.52. The van der Waals surface area contributed by atoms with Gasteiger partial charge in [-0.05, 0) is 59.1 Å². The zero-order valence-corrected chi connectivity index (χ0v) is 14.1. The van der Waals surface area contributed by atoms with E-state index >= 15 is 0 Å². The van der Waals surface area contributed by atoms with Crippen molar-refractivity contribution in [2.24, 2.45) is 0 Å². The maximum Gasteiger partial charge on any atom is 0.0376 e. The lowest BCUT2D eigenvalue weighted by atomic mass is 9.97. The molecule has 21 heavy (non-hydrogen) atoms. The van der Waals surface area contributed by atoms with E-state index in [0.717, 1.165) is 19.5 Å². The normalized spacial score (nSPS) is 23.0. The van der Waals surface area contributed by atoms with E-state index < -0.39 is 0 Å². The van der Waals surface area contributed by atoms with Crippen LogP contribution < -0.4 is 5.32 Å². The summed E-state index contributed by atoms with van der Waals surface area (Å²) in [7, 11) is 4.53. The number of benzene rings is 1. The predicted molar refractivity (Wildman–Crippen MR) is 90.9 cm³/mol. The van der Waals surface area contributed by atoms with Gasteiger partial charge < -0.3 is 15.1 Å². The van der Waals surface area contributed by atoms with Crippen LogP contribution in [0, 0.1) is 6.92 Å². The molecule has 1 aromatic carbocycles. The lowest BCUT2D eigenvalue weighted by Crippen LogP contribution is -2.53. The Labute approximate surface area is 130 Å². The number of nitrogens with one attached hydrogen (secondary N) is 1. The Balaban J connectivity index is 2.12. The summed E-state index contributed by atoms with van der Waals surface area (Å²) in [6.07, 6.45) is 2.38. The van der Waals surface area contributed by atoms with Crippen molar-refractivity contribution in [1.29, 1.82) is 0 Å². The number of likely N-dealkylation sites (N-methyl/N-ethyl adjacent to an activating group) is 3. The minimum Gasteiger partial charge on any atom is -0.312 e. The maximum atomic E-state index is 3.73. The first-order valence-corrected chi connectivity index (χ1v) is 8.28. The Morgan fingerprint density at radius 1 is 1.29 bits per heavy atom. The van der Waals surface area contributed by atoms with Gasteiger partial charge in [0.1, 0.15) is 0 Å². The van der Waals surface area contributed by atoms with E-state index in [1.807, 2.05) is 0 Å². The first kappa shape index (κ1) is 16.5. The van der Waals surface area contributed by atoms with Gasteiger partial charge in [0.05, 0.1) is 0 Å². The summed E-state index contributed by atoms with van der Waals surface area (Å²) in [5.41, 5.74) is 2.80. The molecule has 2 rings (SSSR count). The maximum absolute atomic E-state index is 3.73. The number of hydrogen-bond donors (Lipinski definition) is 1. The van der Waals surface area contributed by atoms with Gasteiger partial charge in [-0.25, -0.2) is 0 Å². The summed E-state index contributed by atoms with van der Waals surface area (Å²) in [4.78, 5) is 5.03. The average Bonchev–Trinajstić information content (AvgIpc) is 2.60. The molecule has 0 aromatic heterocycles. The van der Waals surface area contributed by atoms with E-state index in [9.17, 15) is 0 Å². The molecule has 1 aromatic rings. The van der Waals surface area contributed by atoms with Crippen molar-refractivity contribution >= 4 is 0 Å². The molecule has 0 spiro atoms. The minimum absolute atomic E-state index is 0.516. The minimum atomic E-state index is 0.516. The van der Waals surface area contributed by atoms with Crippen molar-refractivity contribution in [3.63, 3.8) is 0 Å². The van der Waals surface area contributed by atoms with Crippen molar-refractivity contribution < 1.29 is 0 Å². The molecule has 0 aliphatic carbocycles.